The molecule has 2 amide bonds. The van der Waals surface area contributed by atoms with Crippen LogP contribution in [0.5, 0.6) is 0 Å². The molecular weight excluding hydrogens is 370 g/mol. The van der Waals surface area contributed by atoms with Gasteiger partial charge < -0.3 is 19.1 Å². The number of ether oxygens (including phenoxy) is 1. The first-order valence-electron chi connectivity index (χ1n) is 10.3. The van der Waals surface area contributed by atoms with Crippen molar-refractivity contribution in [1.82, 2.24) is 14.4 Å². The summed E-state index contributed by atoms with van der Waals surface area (Å²) in [7, 11) is 0. The number of unbranched alkanes of at least 4 members (excludes halogenated alkanes) is 1. The van der Waals surface area contributed by atoms with Crippen LogP contribution in [0.15, 0.2) is 30.5 Å². The molecule has 1 aliphatic rings. The molecule has 1 aromatic heterocycles. The van der Waals surface area contributed by atoms with Crippen molar-refractivity contribution in [3.05, 3.63) is 36.0 Å². The standard InChI is InChI=1S/C22H29N3O4/c1-3-5-10-23(4-2)22(28)21(27)18-15-25(19-9-7-6-8-17(18)19)16-20(26)24-11-13-29-14-12-24/h6-9,15H,3-5,10-14,16H2,1-2H3. The second-order valence-electron chi connectivity index (χ2n) is 7.25. The fraction of sp³-hybridized carbons (Fsp3) is 0.500. The lowest BCUT2D eigenvalue weighted by atomic mass is 10.1. The van der Waals surface area contributed by atoms with E-state index in [1.807, 2.05) is 31.2 Å². The van der Waals surface area contributed by atoms with Crippen LogP contribution < -0.4 is 0 Å². The second kappa shape index (κ2) is 9.69. The zero-order valence-electron chi connectivity index (χ0n) is 17.2. The van der Waals surface area contributed by atoms with Crippen molar-refractivity contribution in [3.8, 4) is 0 Å². The smallest absolute Gasteiger partial charge is 0.295 e. The van der Waals surface area contributed by atoms with E-state index in [1.54, 1.807) is 20.6 Å². The van der Waals surface area contributed by atoms with E-state index in [0.29, 0.717) is 50.3 Å². The van der Waals surface area contributed by atoms with Crippen molar-refractivity contribution in [1.29, 1.82) is 0 Å². The molecule has 0 aliphatic carbocycles. The number of Topliss-reactive ketones (excluding diaryl/α,β-unsaturated/α-hetero) is 1. The predicted octanol–water partition coefficient (Wildman–Crippen LogP) is 2.33. The summed E-state index contributed by atoms with van der Waals surface area (Å²) in [5.74, 6) is -1.02. The summed E-state index contributed by atoms with van der Waals surface area (Å²) >= 11 is 0. The minimum atomic E-state index is -0.517. The van der Waals surface area contributed by atoms with Gasteiger partial charge in [-0.1, -0.05) is 31.5 Å². The van der Waals surface area contributed by atoms with Crippen molar-refractivity contribution in [2.45, 2.75) is 33.2 Å². The number of carbonyl (C=O) groups is 3. The maximum Gasteiger partial charge on any atom is 0.295 e. The second-order valence-corrected chi connectivity index (χ2v) is 7.25. The summed E-state index contributed by atoms with van der Waals surface area (Å²) in [6.07, 6.45) is 3.47. The third-order valence-corrected chi connectivity index (χ3v) is 5.35. The van der Waals surface area contributed by atoms with Gasteiger partial charge in [-0.15, -0.1) is 0 Å². The molecular formula is C22H29N3O4. The Balaban J connectivity index is 1.86. The van der Waals surface area contributed by atoms with Crippen LogP contribution >= 0.6 is 0 Å². The lowest BCUT2D eigenvalue weighted by Crippen LogP contribution is -2.42. The van der Waals surface area contributed by atoms with Crippen LogP contribution in [0.2, 0.25) is 0 Å². The molecule has 1 fully saturated rings. The molecule has 0 spiro atoms. The highest BCUT2D eigenvalue weighted by molar-refractivity contribution is 6.44. The van der Waals surface area contributed by atoms with Crippen LogP contribution in [0.4, 0.5) is 0 Å². The minimum absolute atomic E-state index is 0.0162. The van der Waals surface area contributed by atoms with Gasteiger partial charge >= 0.3 is 0 Å². The van der Waals surface area contributed by atoms with Gasteiger partial charge in [-0.05, 0) is 19.4 Å². The van der Waals surface area contributed by atoms with Gasteiger partial charge in [0.05, 0.1) is 18.8 Å². The Labute approximate surface area is 171 Å². The Bertz CT molecular complexity index is 883. The largest absolute Gasteiger partial charge is 0.378 e. The van der Waals surface area contributed by atoms with E-state index in [9.17, 15) is 14.4 Å². The SMILES string of the molecule is CCCCN(CC)C(=O)C(=O)c1cn(CC(=O)N2CCOCC2)c2ccccc12. The highest BCUT2D eigenvalue weighted by atomic mass is 16.5. The molecule has 0 unspecified atom stereocenters. The number of ketones is 1. The Morgan fingerprint density at radius 2 is 1.83 bits per heavy atom. The number of morpholine rings is 1. The highest BCUT2D eigenvalue weighted by Crippen LogP contribution is 2.23. The van der Waals surface area contributed by atoms with Crippen molar-refractivity contribution in [2.75, 3.05) is 39.4 Å². The molecule has 156 valence electrons. The quantitative estimate of drug-likeness (QED) is 0.505. The average Bonchev–Trinajstić information content (AvgIpc) is 3.12. The van der Waals surface area contributed by atoms with E-state index in [4.69, 9.17) is 4.74 Å². The van der Waals surface area contributed by atoms with Gasteiger partial charge in [0.25, 0.3) is 11.7 Å². The average molecular weight is 399 g/mol. The van der Waals surface area contributed by atoms with Crippen LogP contribution in [0, 0.1) is 0 Å². The number of fused-ring (bicyclic) bond motifs is 1. The van der Waals surface area contributed by atoms with E-state index in [-0.39, 0.29) is 12.5 Å². The molecule has 0 atom stereocenters. The van der Waals surface area contributed by atoms with E-state index in [1.165, 1.54) is 0 Å². The first kappa shape index (κ1) is 21.0. The maximum absolute atomic E-state index is 13.0. The number of benzene rings is 1. The lowest BCUT2D eigenvalue weighted by molar-refractivity contribution is -0.135. The molecule has 3 rings (SSSR count). The van der Waals surface area contributed by atoms with E-state index >= 15 is 0 Å². The molecule has 0 bridgehead atoms. The number of amides is 2. The van der Waals surface area contributed by atoms with Crippen LogP contribution in [0.1, 0.15) is 37.0 Å². The number of rotatable bonds is 8. The first-order chi connectivity index (χ1) is 14.1. The van der Waals surface area contributed by atoms with Crippen LogP contribution in [-0.2, 0) is 20.9 Å². The summed E-state index contributed by atoms with van der Waals surface area (Å²) in [4.78, 5) is 41.8. The van der Waals surface area contributed by atoms with Gasteiger partial charge in [0, 0.05) is 43.3 Å². The molecule has 1 saturated heterocycles. The molecule has 1 aromatic carbocycles. The molecule has 29 heavy (non-hydrogen) atoms. The van der Waals surface area contributed by atoms with Crippen molar-refractivity contribution >= 4 is 28.5 Å². The number of aromatic nitrogens is 1. The number of likely N-dealkylation sites (N-methyl/N-ethyl adjacent to an activating group) is 1. The summed E-state index contributed by atoms with van der Waals surface area (Å²) in [5.41, 5.74) is 1.14. The molecule has 0 N–H and O–H groups in total. The van der Waals surface area contributed by atoms with Gasteiger partial charge in [-0.2, -0.15) is 0 Å². The number of hydrogen-bond acceptors (Lipinski definition) is 4. The highest BCUT2D eigenvalue weighted by Gasteiger charge is 2.26. The molecule has 7 nitrogen and oxygen atoms in total. The Hall–Kier alpha value is -2.67. The predicted molar refractivity (Wildman–Crippen MR) is 111 cm³/mol. The zero-order chi connectivity index (χ0) is 20.8. The Kier molecular flexibility index (Phi) is 7.04. The number of nitrogens with zero attached hydrogens (tertiary/aromatic N) is 3. The van der Waals surface area contributed by atoms with Gasteiger partial charge in [-0.3, -0.25) is 14.4 Å². The summed E-state index contributed by atoms with van der Waals surface area (Å²) in [6.45, 7) is 7.38. The van der Waals surface area contributed by atoms with E-state index in [0.717, 1.165) is 18.4 Å². The lowest BCUT2D eigenvalue weighted by Gasteiger charge is -2.27. The van der Waals surface area contributed by atoms with Crippen LogP contribution in [-0.4, -0.2) is 71.4 Å². The van der Waals surface area contributed by atoms with Crippen molar-refractivity contribution < 1.29 is 19.1 Å². The Morgan fingerprint density at radius 1 is 1.10 bits per heavy atom. The van der Waals surface area contributed by atoms with E-state index < -0.39 is 11.7 Å². The number of carbonyl (C=O) groups excluding carboxylic acids is 3. The summed E-state index contributed by atoms with van der Waals surface area (Å²) < 4.78 is 7.08. The normalized spacial score (nSPS) is 14.2. The number of hydrogen-bond donors (Lipinski definition) is 0. The topological polar surface area (TPSA) is 71.9 Å². The molecule has 0 radical (unpaired) electrons. The van der Waals surface area contributed by atoms with Gasteiger partial charge in [0.15, 0.2) is 0 Å². The van der Waals surface area contributed by atoms with Crippen molar-refractivity contribution in [3.63, 3.8) is 0 Å². The van der Waals surface area contributed by atoms with Gasteiger partial charge in [0.1, 0.15) is 6.54 Å². The maximum atomic E-state index is 13.0. The monoisotopic (exact) mass is 399 g/mol. The first-order valence-corrected chi connectivity index (χ1v) is 10.3. The minimum Gasteiger partial charge on any atom is -0.378 e. The summed E-state index contributed by atoms with van der Waals surface area (Å²) in [6, 6.07) is 7.41. The fourth-order valence-corrected chi connectivity index (χ4v) is 3.63. The van der Waals surface area contributed by atoms with Crippen LogP contribution in [0.25, 0.3) is 10.9 Å². The van der Waals surface area contributed by atoms with Crippen molar-refractivity contribution in [2.24, 2.45) is 0 Å². The van der Waals surface area contributed by atoms with Gasteiger partial charge in [0.2, 0.25) is 5.91 Å². The molecule has 0 saturated carbocycles. The molecule has 2 aromatic rings. The molecule has 7 heteroatoms. The molecule has 1 aliphatic heterocycles. The van der Waals surface area contributed by atoms with E-state index in [2.05, 4.69) is 6.92 Å². The Morgan fingerprint density at radius 3 is 2.52 bits per heavy atom. The third-order valence-electron chi connectivity index (χ3n) is 5.35. The number of para-hydroxylation sites is 1. The third kappa shape index (κ3) is 4.67. The van der Waals surface area contributed by atoms with Gasteiger partial charge in [-0.25, -0.2) is 0 Å². The van der Waals surface area contributed by atoms with Crippen LogP contribution in [0.3, 0.4) is 0 Å². The summed E-state index contributed by atoms with van der Waals surface area (Å²) in [5, 5.41) is 0.701. The molecule has 2 heterocycles. The fourth-order valence-electron chi connectivity index (χ4n) is 3.63. The zero-order valence-corrected chi connectivity index (χ0v) is 17.2.